The minimum absolute atomic E-state index is 1.46. The van der Waals surface area contributed by atoms with Gasteiger partial charge < -0.3 is 4.18 Å². The normalized spacial score (nSPS) is 12.0. The number of hydrogen-bond acceptors (Lipinski definition) is 48. The maximum atomic E-state index is 5.16. The van der Waals surface area contributed by atoms with E-state index < -0.39 is 6.46 Å². The molecule has 0 unspecified atom stereocenters. The van der Waals surface area contributed by atoms with Crippen LogP contribution in [-0.4, -0.2) is 7.11 Å². The van der Waals surface area contributed by atoms with E-state index in [4.69, 9.17) is 26.6 Å². The highest BCUT2D eigenvalue weighted by Crippen LogP contribution is 2.68. The second-order valence-corrected chi connectivity index (χ2v) is 88.9. The highest BCUT2D eigenvalue weighted by atomic mass is 34.1. The van der Waals surface area contributed by atoms with E-state index >= 15 is 0 Å². The topological polar surface area (TPSA) is 9.23 Å². The van der Waals surface area contributed by atoms with Gasteiger partial charge in [-0.2, -0.15) is 0 Å². The van der Waals surface area contributed by atoms with Crippen LogP contribution < -0.4 is 0 Å². The first-order valence-electron chi connectivity index (χ1n) is 8.42. The van der Waals surface area contributed by atoms with Crippen molar-refractivity contribution in [1.29, 1.82) is 0 Å². The molecule has 0 fully saturated rings. The van der Waals surface area contributed by atoms with Crippen LogP contribution in [-0.2, 0) is 33.0 Å². The third-order valence-electron chi connectivity index (χ3n) is 1.48. The predicted molar refractivity (Wildman–Crippen MR) is 372 cm³/mol. The molecular formula is CH4OS48. The number of thiol groups is 1. The van der Waals surface area contributed by atoms with Crippen molar-refractivity contribution in [3.63, 3.8) is 0 Å². The SMILES string of the molecule is COS(=S)(=S)SSSSSSSSSSSSSSSSSSSSSSSSSSSSSSSSSSSSSSSSSSSSS. The molecule has 0 radical (unpaired) electrons. The Labute approximate surface area is 471 Å². The van der Waals surface area contributed by atoms with E-state index in [1.165, 1.54) is 19.7 Å². The van der Waals surface area contributed by atoms with Gasteiger partial charge in [0.05, 0.1) is 13.6 Å². The summed E-state index contributed by atoms with van der Waals surface area (Å²) in [6, 6.07) is 0. The van der Waals surface area contributed by atoms with Crippen molar-refractivity contribution in [3.05, 3.63) is 0 Å². The molecule has 0 N–H and O–H groups in total. The molecule has 0 amide bonds. The van der Waals surface area contributed by atoms with E-state index in [-0.39, 0.29) is 0 Å². The fourth-order valence-corrected chi connectivity index (χ4v) is 123. The van der Waals surface area contributed by atoms with Crippen molar-refractivity contribution in [2.24, 2.45) is 0 Å². The predicted octanol–water partition coefficient (Wildman–Crippen LogP) is 29.0. The van der Waals surface area contributed by atoms with Gasteiger partial charge in [-0.3, -0.25) is 0 Å². The molecule has 0 aromatic rings. The molecular weight excluding hydrogens is 1570 g/mol. The van der Waals surface area contributed by atoms with Crippen LogP contribution in [0.25, 0.3) is 0 Å². The highest BCUT2D eigenvalue weighted by molar-refractivity contribution is 9.63. The zero-order chi connectivity index (χ0) is 36.3. The lowest BCUT2D eigenvalue weighted by molar-refractivity contribution is 0.491. The van der Waals surface area contributed by atoms with Gasteiger partial charge in [0.1, 0.15) is 0 Å². The summed E-state index contributed by atoms with van der Waals surface area (Å²) in [6.45, 7) is -1.80. The van der Waals surface area contributed by atoms with Crippen molar-refractivity contribution in [2.45, 2.75) is 0 Å². The quantitative estimate of drug-likeness (QED) is 0.0352. The van der Waals surface area contributed by atoms with Crippen LogP contribution in [0.1, 0.15) is 0 Å². The van der Waals surface area contributed by atoms with Crippen molar-refractivity contribution in [2.75, 3.05) is 7.11 Å². The summed E-state index contributed by atoms with van der Waals surface area (Å²) in [4.78, 5) is 0. The van der Waals surface area contributed by atoms with Gasteiger partial charge >= 0.3 is 0 Å². The number of rotatable bonds is 45. The first kappa shape index (κ1) is 66.5. The third-order valence-corrected chi connectivity index (χ3v) is 104. The first-order valence-corrected chi connectivity index (χ1v) is 71.6. The van der Waals surface area contributed by atoms with Crippen LogP contribution in [0.5, 0.6) is 0 Å². The van der Waals surface area contributed by atoms with Crippen molar-refractivity contribution >= 4 is 473 Å². The van der Waals surface area contributed by atoms with Gasteiger partial charge in [-0.25, -0.2) is 0 Å². The van der Waals surface area contributed by atoms with Crippen molar-refractivity contribution in [3.8, 4) is 0 Å². The molecule has 0 aliphatic heterocycles. The smallest absolute Gasteiger partial charge is 0.0817 e. The highest BCUT2D eigenvalue weighted by Gasteiger charge is 2.05. The summed E-state index contributed by atoms with van der Waals surface area (Å²) in [7, 11) is 79.9. The fourth-order valence-electron chi connectivity index (χ4n) is 0.539. The second kappa shape index (κ2) is 59.8. The Morgan fingerprint density at radius 1 is 0.280 bits per heavy atom. The van der Waals surface area contributed by atoms with Gasteiger partial charge in [-0.1, -0.05) is 11.7 Å². The Morgan fingerprint density at radius 2 is 0.420 bits per heavy atom. The molecule has 0 rings (SSSR count). The van der Waals surface area contributed by atoms with Crippen LogP contribution >= 0.6 is 444 Å². The van der Waals surface area contributed by atoms with Gasteiger partial charge in [0.15, 0.2) is 0 Å². The van der Waals surface area contributed by atoms with Crippen molar-refractivity contribution in [1.82, 2.24) is 0 Å². The van der Waals surface area contributed by atoms with E-state index in [2.05, 4.69) is 11.7 Å². The van der Waals surface area contributed by atoms with Gasteiger partial charge in [-0.15, -0.1) is 0 Å². The van der Waals surface area contributed by atoms with Crippen LogP contribution in [0.4, 0.5) is 0 Å². The van der Waals surface area contributed by atoms with Crippen molar-refractivity contribution < 1.29 is 4.18 Å². The summed E-state index contributed by atoms with van der Waals surface area (Å²) in [5, 5.41) is 0. The van der Waals surface area contributed by atoms with Crippen LogP contribution in [0, 0.1) is 0 Å². The average molecular weight is 1570 g/mol. The summed E-state index contributed by atoms with van der Waals surface area (Å²) in [5.74, 6) is 0. The Balaban J connectivity index is 3.07. The molecule has 0 aliphatic carbocycles. The zero-order valence-electron chi connectivity index (χ0n) is 21.0. The van der Waals surface area contributed by atoms with E-state index in [9.17, 15) is 0 Å². The molecule has 0 saturated carbocycles. The standard InChI is InChI=1S/CH4OS48/c1-2-50(4,5)49-48-47-46-45-44-43-42-41-40-39-38-37-36-35-34-33-32-31-30-29-28-27-26-25-24-23-22-21-20-19-18-17-16-15-14-13-12-11-10-9-8-7-6-3/h3H,1H3. The molecule has 0 saturated heterocycles. The molecule has 302 valence electrons. The summed E-state index contributed by atoms with van der Waals surface area (Å²) in [5.41, 5.74) is 0. The first-order chi connectivity index (χ1) is 24.6. The maximum absolute atomic E-state index is 5.16. The zero-order valence-corrected chi connectivity index (χ0v) is 60.3. The molecule has 0 heterocycles. The molecule has 0 aromatic carbocycles. The molecule has 0 aliphatic rings. The molecule has 50 heavy (non-hydrogen) atoms. The second-order valence-electron chi connectivity index (χ2n) is 3.58. The van der Waals surface area contributed by atoms with E-state index in [0.717, 1.165) is 0 Å². The lowest BCUT2D eigenvalue weighted by atomic mass is 11.8. The monoisotopic (exact) mass is 1570 g/mol. The lowest BCUT2D eigenvalue weighted by Crippen LogP contribution is -1.87. The largest absolute Gasteiger partial charge is 0.305 e. The molecule has 0 bridgehead atoms. The summed E-state index contributed by atoms with van der Waals surface area (Å²) >= 11 is 14.4. The Hall–Kier alpha value is 16.5. The van der Waals surface area contributed by atoms with Gasteiger partial charge in [-0.05, 0) is 101 Å². The summed E-state index contributed by atoms with van der Waals surface area (Å²) in [6.07, 6.45) is 0. The summed E-state index contributed by atoms with van der Waals surface area (Å²) < 4.78 is 5.11. The average Bonchev–Trinajstić information content (AvgIpc) is 3.12. The van der Waals surface area contributed by atoms with Gasteiger partial charge in [0, 0.05) is 354 Å². The molecule has 0 spiro atoms. The van der Waals surface area contributed by atoms with Crippen LogP contribution in [0.15, 0.2) is 0 Å². The van der Waals surface area contributed by atoms with Gasteiger partial charge in [0.25, 0.3) is 0 Å². The van der Waals surface area contributed by atoms with E-state index in [1.54, 1.807) is 154 Å². The molecule has 0 aromatic heterocycles. The van der Waals surface area contributed by atoms with Crippen LogP contribution in [0.2, 0.25) is 0 Å². The minimum atomic E-state index is -1.80. The Bertz CT molecular complexity index is 697. The molecule has 1 nitrogen and oxygen atoms in total. The van der Waals surface area contributed by atoms with E-state index in [0.29, 0.717) is 0 Å². The lowest BCUT2D eigenvalue weighted by Gasteiger charge is -2.03. The number of hydrogen-bond donors (Lipinski definition) is 1. The fraction of sp³-hybridized carbons (Fsp3) is 1.00. The third kappa shape index (κ3) is 60.6. The van der Waals surface area contributed by atoms with E-state index in [1.807, 2.05) is 265 Å². The Kier molecular flexibility index (Phi) is 79.5. The maximum Gasteiger partial charge on any atom is 0.0817 e. The van der Waals surface area contributed by atoms with Gasteiger partial charge in [0.2, 0.25) is 0 Å². The molecule has 0 atom stereocenters. The molecule has 49 heteroatoms. The van der Waals surface area contributed by atoms with Crippen LogP contribution in [0.3, 0.4) is 0 Å². The minimum Gasteiger partial charge on any atom is -0.305 e. The Morgan fingerprint density at radius 3 is 0.560 bits per heavy atom.